The van der Waals surface area contributed by atoms with Crippen molar-refractivity contribution in [3.63, 3.8) is 0 Å². The molecule has 1 saturated heterocycles. The monoisotopic (exact) mass is 312 g/mol. The molecule has 22 heavy (non-hydrogen) atoms. The number of ether oxygens (including phenoxy) is 1. The Morgan fingerprint density at radius 3 is 2.86 bits per heavy atom. The lowest BCUT2D eigenvalue weighted by molar-refractivity contribution is -0.130. The normalized spacial score (nSPS) is 16.0. The Kier molecular flexibility index (Phi) is 6.58. The Morgan fingerprint density at radius 1 is 1.23 bits per heavy atom. The molecule has 1 aliphatic rings. The van der Waals surface area contributed by atoms with Gasteiger partial charge in [-0.3, -0.25) is 4.79 Å². The van der Waals surface area contributed by atoms with Gasteiger partial charge in [-0.2, -0.15) is 8.78 Å². The number of amides is 1. The number of carbonyl (C=O) groups excluding carboxylic acids is 1. The predicted molar refractivity (Wildman–Crippen MR) is 79.8 cm³/mol. The number of benzene rings is 1. The van der Waals surface area contributed by atoms with Crippen LogP contribution in [0.4, 0.5) is 8.78 Å². The maximum atomic E-state index is 12.3. The van der Waals surface area contributed by atoms with Crippen molar-refractivity contribution in [3.05, 3.63) is 29.8 Å². The Morgan fingerprint density at radius 2 is 2.05 bits per heavy atom. The molecule has 6 heteroatoms. The van der Waals surface area contributed by atoms with E-state index in [2.05, 4.69) is 10.1 Å². The van der Waals surface area contributed by atoms with Crippen LogP contribution < -0.4 is 10.1 Å². The van der Waals surface area contributed by atoms with Crippen molar-refractivity contribution >= 4 is 5.91 Å². The zero-order valence-electron chi connectivity index (χ0n) is 12.6. The standard InChI is InChI=1S/C16H22F2N2O2/c17-16(18)22-14-7-4-3-6-13(14)12-19-9-11-20-10-5-1-2-8-15(20)21/h3-4,6-7,16,19H,1-2,5,8-12H2. The topological polar surface area (TPSA) is 41.6 Å². The number of rotatable bonds is 7. The molecular formula is C16H22F2N2O2. The highest BCUT2D eigenvalue weighted by molar-refractivity contribution is 5.76. The summed E-state index contributed by atoms with van der Waals surface area (Å²) in [5, 5.41) is 3.18. The summed E-state index contributed by atoms with van der Waals surface area (Å²) in [5.74, 6) is 0.400. The number of carbonyl (C=O) groups is 1. The first-order valence-corrected chi connectivity index (χ1v) is 7.68. The first-order chi connectivity index (χ1) is 10.7. The minimum Gasteiger partial charge on any atom is -0.434 e. The van der Waals surface area contributed by atoms with E-state index in [1.807, 2.05) is 4.90 Å². The lowest BCUT2D eigenvalue weighted by Gasteiger charge is -2.20. The molecule has 0 radical (unpaired) electrons. The summed E-state index contributed by atoms with van der Waals surface area (Å²) in [6.45, 7) is -0.294. The smallest absolute Gasteiger partial charge is 0.387 e. The number of nitrogens with zero attached hydrogens (tertiary/aromatic N) is 1. The molecule has 1 heterocycles. The van der Waals surface area contributed by atoms with Crippen molar-refractivity contribution in [3.8, 4) is 5.75 Å². The van der Waals surface area contributed by atoms with E-state index in [-0.39, 0.29) is 11.7 Å². The molecular weight excluding hydrogens is 290 g/mol. The van der Waals surface area contributed by atoms with Gasteiger partial charge in [-0.05, 0) is 18.9 Å². The summed E-state index contributed by atoms with van der Waals surface area (Å²) in [7, 11) is 0. The molecule has 1 aromatic carbocycles. The van der Waals surface area contributed by atoms with Crippen molar-refractivity contribution in [2.24, 2.45) is 0 Å². The van der Waals surface area contributed by atoms with Gasteiger partial charge in [-0.25, -0.2) is 0 Å². The molecule has 0 aromatic heterocycles. The van der Waals surface area contributed by atoms with Gasteiger partial charge in [0.15, 0.2) is 0 Å². The number of para-hydroxylation sites is 1. The van der Waals surface area contributed by atoms with E-state index >= 15 is 0 Å². The maximum absolute atomic E-state index is 12.3. The van der Waals surface area contributed by atoms with Gasteiger partial charge >= 0.3 is 6.61 Å². The minimum atomic E-state index is -2.82. The highest BCUT2D eigenvalue weighted by atomic mass is 19.3. The van der Waals surface area contributed by atoms with Crippen molar-refractivity contribution in [2.45, 2.75) is 38.8 Å². The zero-order valence-corrected chi connectivity index (χ0v) is 12.6. The molecule has 0 bridgehead atoms. The molecule has 2 rings (SSSR count). The fourth-order valence-electron chi connectivity index (χ4n) is 2.57. The SMILES string of the molecule is O=C1CCCCCN1CCNCc1ccccc1OC(F)F. The average molecular weight is 312 g/mol. The molecule has 0 spiro atoms. The number of nitrogens with one attached hydrogen (secondary N) is 1. The second kappa shape index (κ2) is 8.68. The minimum absolute atomic E-state index is 0.191. The van der Waals surface area contributed by atoms with Gasteiger partial charge in [0.05, 0.1) is 0 Å². The Hall–Kier alpha value is -1.69. The Bertz CT molecular complexity index is 483. The largest absolute Gasteiger partial charge is 0.434 e. The molecule has 4 nitrogen and oxygen atoms in total. The van der Waals surface area contributed by atoms with E-state index < -0.39 is 6.61 Å². The molecule has 0 atom stereocenters. The summed E-state index contributed by atoms with van der Waals surface area (Å²) in [5.41, 5.74) is 0.685. The van der Waals surface area contributed by atoms with Crippen LogP contribution in [0.15, 0.2) is 24.3 Å². The van der Waals surface area contributed by atoms with Crippen LogP contribution in [0.1, 0.15) is 31.2 Å². The number of alkyl halides is 2. The fourth-order valence-corrected chi connectivity index (χ4v) is 2.57. The molecule has 1 fully saturated rings. The summed E-state index contributed by atoms with van der Waals surface area (Å²) in [6, 6.07) is 6.73. The fraction of sp³-hybridized carbons (Fsp3) is 0.562. The molecule has 122 valence electrons. The van der Waals surface area contributed by atoms with Crippen molar-refractivity contribution < 1.29 is 18.3 Å². The van der Waals surface area contributed by atoms with Crippen LogP contribution in [0, 0.1) is 0 Å². The van der Waals surface area contributed by atoms with Crippen molar-refractivity contribution in [2.75, 3.05) is 19.6 Å². The first kappa shape index (κ1) is 16.7. The Labute approximate surface area is 129 Å². The van der Waals surface area contributed by atoms with E-state index in [9.17, 15) is 13.6 Å². The van der Waals surface area contributed by atoms with Gasteiger partial charge in [0.25, 0.3) is 0 Å². The van der Waals surface area contributed by atoms with E-state index in [1.165, 1.54) is 6.07 Å². The van der Waals surface area contributed by atoms with Gasteiger partial charge < -0.3 is 15.0 Å². The van der Waals surface area contributed by atoms with Gasteiger partial charge in [0, 0.05) is 38.2 Å². The lowest BCUT2D eigenvalue weighted by atomic mass is 10.2. The van der Waals surface area contributed by atoms with Crippen LogP contribution in [0.2, 0.25) is 0 Å². The van der Waals surface area contributed by atoms with Crippen LogP contribution in [0.3, 0.4) is 0 Å². The van der Waals surface area contributed by atoms with Crippen LogP contribution in [0.25, 0.3) is 0 Å². The summed E-state index contributed by atoms with van der Waals surface area (Å²) >= 11 is 0. The second-order valence-electron chi connectivity index (χ2n) is 5.35. The van der Waals surface area contributed by atoms with Crippen LogP contribution in [-0.2, 0) is 11.3 Å². The average Bonchev–Trinajstić information content (AvgIpc) is 2.69. The number of halogens is 2. The number of hydrogen-bond donors (Lipinski definition) is 1. The van der Waals surface area contributed by atoms with E-state index in [0.717, 1.165) is 25.8 Å². The molecule has 0 saturated carbocycles. The predicted octanol–water partition coefficient (Wildman–Crippen LogP) is 2.78. The summed E-state index contributed by atoms with van der Waals surface area (Å²) in [6.07, 6.45) is 3.76. The third kappa shape index (κ3) is 5.26. The zero-order chi connectivity index (χ0) is 15.8. The van der Waals surface area contributed by atoms with Gasteiger partial charge in [-0.15, -0.1) is 0 Å². The van der Waals surface area contributed by atoms with E-state index in [4.69, 9.17) is 0 Å². The van der Waals surface area contributed by atoms with E-state index in [1.54, 1.807) is 18.2 Å². The number of hydrogen-bond acceptors (Lipinski definition) is 3. The molecule has 1 amide bonds. The first-order valence-electron chi connectivity index (χ1n) is 7.68. The highest BCUT2D eigenvalue weighted by Crippen LogP contribution is 2.19. The summed E-state index contributed by atoms with van der Waals surface area (Å²) < 4.78 is 29.1. The van der Waals surface area contributed by atoms with Gasteiger partial charge in [0.2, 0.25) is 5.91 Å². The third-order valence-corrected chi connectivity index (χ3v) is 3.73. The lowest BCUT2D eigenvalue weighted by Crippen LogP contribution is -2.36. The van der Waals surface area contributed by atoms with Crippen LogP contribution in [0.5, 0.6) is 5.75 Å². The van der Waals surface area contributed by atoms with Gasteiger partial charge in [0.1, 0.15) is 5.75 Å². The third-order valence-electron chi connectivity index (χ3n) is 3.73. The van der Waals surface area contributed by atoms with Gasteiger partial charge in [-0.1, -0.05) is 24.6 Å². The van der Waals surface area contributed by atoms with Crippen molar-refractivity contribution in [1.29, 1.82) is 0 Å². The molecule has 0 aliphatic carbocycles. The Balaban J connectivity index is 1.77. The molecule has 1 aliphatic heterocycles. The highest BCUT2D eigenvalue weighted by Gasteiger charge is 2.15. The maximum Gasteiger partial charge on any atom is 0.387 e. The quantitative estimate of drug-likeness (QED) is 0.787. The van der Waals surface area contributed by atoms with Crippen LogP contribution in [-0.4, -0.2) is 37.1 Å². The van der Waals surface area contributed by atoms with E-state index in [0.29, 0.717) is 31.6 Å². The molecule has 1 aromatic rings. The number of likely N-dealkylation sites (tertiary alicyclic amines) is 1. The van der Waals surface area contributed by atoms with Crippen LogP contribution >= 0.6 is 0 Å². The molecule has 0 unspecified atom stereocenters. The molecule has 1 N–H and O–H groups in total. The summed E-state index contributed by atoms with van der Waals surface area (Å²) in [4.78, 5) is 13.7. The van der Waals surface area contributed by atoms with Crippen molar-refractivity contribution in [1.82, 2.24) is 10.2 Å². The second-order valence-corrected chi connectivity index (χ2v) is 5.35.